The molecule has 0 aromatic heterocycles. The lowest BCUT2D eigenvalue weighted by atomic mass is 9.80. The van der Waals surface area contributed by atoms with Crippen LogP contribution in [0, 0.1) is 11.8 Å². The van der Waals surface area contributed by atoms with Gasteiger partial charge in [-0.05, 0) is 55.7 Å². The molecule has 26 heavy (non-hydrogen) atoms. The zero-order valence-electron chi connectivity index (χ0n) is 16.6. The van der Waals surface area contributed by atoms with Crippen LogP contribution in [0.25, 0.3) is 0 Å². The summed E-state index contributed by atoms with van der Waals surface area (Å²) < 4.78 is 10.4. The summed E-state index contributed by atoms with van der Waals surface area (Å²) in [4.78, 5) is 4.71. The van der Waals surface area contributed by atoms with Gasteiger partial charge in [-0.15, -0.1) is 0 Å². The molecule has 2 unspecified atom stereocenters. The van der Waals surface area contributed by atoms with Gasteiger partial charge in [-0.2, -0.15) is 0 Å². The third kappa shape index (κ3) is 5.44. The number of phenols is 1. The Hall–Kier alpha value is -2.11. The molecule has 0 amide bonds. The molecule has 0 bridgehead atoms. The fourth-order valence-corrected chi connectivity index (χ4v) is 3.79. The first-order valence-electron chi connectivity index (χ1n) is 9.45. The molecule has 1 aromatic rings. The molecule has 0 saturated heterocycles. The van der Waals surface area contributed by atoms with Crippen molar-refractivity contribution >= 4 is 5.96 Å². The van der Waals surface area contributed by atoms with E-state index < -0.39 is 0 Å². The minimum Gasteiger partial charge on any atom is -0.502 e. The van der Waals surface area contributed by atoms with Crippen molar-refractivity contribution in [2.45, 2.75) is 52.6 Å². The Morgan fingerprint density at radius 1 is 1.12 bits per heavy atom. The SMILES string of the molecule is CCNC(=NCc1cc(OC)c(O)c(OC)c1)NC1CC(C)CC(C)C1. The Kier molecular flexibility index (Phi) is 7.42. The zero-order chi connectivity index (χ0) is 19.1. The maximum absolute atomic E-state index is 10.0. The molecule has 2 rings (SSSR count). The molecule has 0 spiro atoms. The second kappa shape index (κ2) is 9.55. The number of benzene rings is 1. The van der Waals surface area contributed by atoms with Crippen LogP contribution >= 0.6 is 0 Å². The van der Waals surface area contributed by atoms with Crippen molar-refractivity contribution in [2.24, 2.45) is 16.8 Å². The molecule has 6 nitrogen and oxygen atoms in total. The van der Waals surface area contributed by atoms with Gasteiger partial charge in [0.25, 0.3) is 0 Å². The number of guanidine groups is 1. The fraction of sp³-hybridized carbons (Fsp3) is 0.650. The van der Waals surface area contributed by atoms with Crippen LogP contribution in [0.15, 0.2) is 17.1 Å². The number of phenolic OH excluding ortho intramolecular Hbond substituents is 1. The van der Waals surface area contributed by atoms with E-state index in [1.807, 2.05) is 0 Å². The number of aromatic hydroxyl groups is 1. The summed E-state index contributed by atoms with van der Waals surface area (Å²) in [6.45, 7) is 7.99. The Morgan fingerprint density at radius 3 is 2.19 bits per heavy atom. The average molecular weight is 364 g/mol. The van der Waals surface area contributed by atoms with Gasteiger partial charge < -0.3 is 25.2 Å². The van der Waals surface area contributed by atoms with Crippen molar-refractivity contribution < 1.29 is 14.6 Å². The Morgan fingerprint density at radius 2 is 1.69 bits per heavy atom. The summed E-state index contributed by atoms with van der Waals surface area (Å²) in [6.07, 6.45) is 3.66. The number of aliphatic imine (C=N–C) groups is 1. The smallest absolute Gasteiger partial charge is 0.200 e. The first-order valence-corrected chi connectivity index (χ1v) is 9.45. The lowest BCUT2D eigenvalue weighted by Gasteiger charge is -2.32. The number of rotatable bonds is 6. The Bertz CT molecular complexity index is 583. The van der Waals surface area contributed by atoms with Gasteiger partial charge in [0, 0.05) is 12.6 Å². The molecule has 1 aliphatic rings. The standard InChI is InChI=1S/C20H33N3O3/c1-6-21-20(23-16-8-13(2)7-14(3)9-16)22-12-15-10-17(25-4)19(24)18(11-15)26-5/h10-11,13-14,16,24H,6-9,12H2,1-5H3,(H2,21,22,23). The molecule has 1 saturated carbocycles. The summed E-state index contributed by atoms with van der Waals surface area (Å²) in [6, 6.07) is 4.03. The topological polar surface area (TPSA) is 75.1 Å². The van der Waals surface area contributed by atoms with Crippen LogP contribution in [0.3, 0.4) is 0 Å². The predicted molar refractivity (Wildman–Crippen MR) is 105 cm³/mol. The van der Waals surface area contributed by atoms with Gasteiger partial charge in [0.15, 0.2) is 17.5 Å². The summed E-state index contributed by atoms with van der Waals surface area (Å²) in [5, 5.41) is 16.9. The van der Waals surface area contributed by atoms with Gasteiger partial charge in [-0.1, -0.05) is 13.8 Å². The van der Waals surface area contributed by atoms with Crippen LogP contribution in [-0.2, 0) is 6.54 Å². The average Bonchev–Trinajstić information content (AvgIpc) is 2.59. The van der Waals surface area contributed by atoms with Gasteiger partial charge in [0.1, 0.15) is 0 Å². The third-order valence-corrected chi connectivity index (χ3v) is 4.82. The van der Waals surface area contributed by atoms with Gasteiger partial charge in [0.05, 0.1) is 20.8 Å². The number of nitrogens with zero attached hydrogens (tertiary/aromatic N) is 1. The van der Waals surface area contributed by atoms with Crippen molar-refractivity contribution in [3.05, 3.63) is 17.7 Å². The van der Waals surface area contributed by atoms with Crippen molar-refractivity contribution in [1.29, 1.82) is 0 Å². The molecular formula is C20H33N3O3. The molecule has 0 radical (unpaired) electrons. The number of nitrogens with one attached hydrogen (secondary N) is 2. The predicted octanol–water partition coefficient (Wildman–Crippen LogP) is 3.29. The van der Waals surface area contributed by atoms with Crippen LogP contribution in [0.2, 0.25) is 0 Å². The van der Waals surface area contributed by atoms with E-state index in [0.29, 0.717) is 24.1 Å². The number of hydrogen-bond acceptors (Lipinski definition) is 4. The lowest BCUT2D eigenvalue weighted by Crippen LogP contribution is -2.46. The van der Waals surface area contributed by atoms with E-state index in [2.05, 4.69) is 31.4 Å². The molecule has 1 aliphatic carbocycles. The van der Waals surface area contributed by atoms with Crippen LogP contribution in [0.1, 0.15) is 45.6 Å². The van der Waals surface area contributed by atoms with E-state index in [4.69, 9.17) is 14.5 Å². The summed E-state index contributed by atoms with van der Waals surface area (Å²) in [5.41, 5.74) is 0.916. The quantitative estimate of drug-likeness (QED) is 0.534. The van der Waals surface area contributed by atoms with E-state index in [1.54, 1.807) is 12.1 Å². The van der Waals surface area contributed by atoms with Crippen LogP contribution < -0.4 is 20.1 Å². The first-order chi connectivity index (χ1) is 12.5. The first kappa shape index (κ1) is 20.2. The summed E-state index contributed by atoms with van der Waals surface area (Å²) in [5.74, 6) is 3.10. The maximum atomic E-state index is 10.0. The molecule has 6 heteroatoms. The van der Waals surface area contributed by atoms with E-state index in [0.717, 1.165) is 29.9 Å². The molecule has 1 aromatic carbocycles. The van der Waals surface area contributed by atoms with Gasteiger partial charge >= 0.3 is 0 Å². The molecule has 2 atom stereocenters. The molecule has 146 valence electrons. The molecule has 0 aliphatic heterocycles. The third-order valence-electron chi connectivity index (χ3n) is 4.82. The van der Waals surface area contributed by atoms with E-state index >= 15 is 0 Å². The van der Waals surface area contributed by atoms with Crippen LogP contribution in [-0.4, -0.2) is 37.9 Å². The number of methoxy groups -OCH3 is 2. The molecular weight excluding hydrogens is 330 g/mol. The van der Waals surface area contributed by atoms with E-state index in [9.17, 15) is 5.11 Å². The summed E-state index contributed by atoms with van der Waals surface area (Å²) >= 11 is 0. The van der Waals surface area contributed by atoms with Crippen LogP contribution in [0.4, 0.5) is 0 Å². The van der Waals surface area contributed by atoms with Gasteiger partial charge in [-0.25, -0.2) is 4.99 Å². The highest BCUT2D eigenvalue weighted by Crippen LogP contribution is 2.37. The van der Waals surface area contributed by atoms with Crippen molar-refractivity contribution in [2.75, 3.05) is 20.8 Å². The monoisotopic (exact) mass is 363 g/mol. The van der Waals surface area contributed by atoms with Crippen LogP contribution in [0.5, 0.6) is 17.2 Å². The highest BCUT2D eigenvalue weighted by molar-refractivity contribution is 5.80. The van der Waals surface area contributed by atoms with Crippen molar-refractivity contribution in [3.63, 3.8) is 0 Å². The molecule has 0 heterocycles. The fourth-order valence-electron chi connectivity index (χ4n) is 3.79. The highest BCUT2D eigenvalue weighted by Gasteiger charge is 2.24. The van der Waals surface area contributed by atoms with Gasteiger partial charge in [0.2, 0.25) is 5.75 Å². The Labute approximate surface area is 157 Å². The lowest BCUT2D eigenvalue weighted by molar-refractivity contribution is 0.255. The second-order valence-electron chi connectivity index (χ2n) is 7.30. The zero-order valence-corrected chi connectivity index (χ0v) is 16.6. The molecule has 3 N–H and O–H groups in total. The largest absolute Gasteiger partial charge is 0.502 e. The van der Waals surface area contributed by atoms with Gasteiger partial charge in [-0.3, -0.25) is 0 Å². The van der Waals surface area contributed by atoms with Crippen molar-refractivity contribution in [1.82, 2.24) is 10.6 Å². The minimum atomic E-state index is 0.0120. The van der Waals surface area contributed by atoms with Crippen molar-refractivity contribution in [3.8, 4) is 17.2 Å². The minimum absolute atomic E-state index is 0.0120. The number of ether oxygens (including phenoxy) is 2. The maximum Gasteiger partial charge on any atom is 0.200 e. The highest BCUT2D eigenvalue weighted by atomic mass is 16.5. The molecule has 1 fully saturated rings. The normalized spacial score (nSPS) is 23.4. The van der Waals surface area contributed by atoms with E-state index in [-0.39, 0.29) is 5.75 Å². The van der Waals surface area contributed by atoms with E-state index in [1.165, 1.54) is 33.5 Å². The Balaban J connectivity index is 2.11. The number of hydrogen-bond donors (Lipinski definition) is 3. The summed E-state index contributed by atoms with van der Waals surface area (Å²) in [7, 11) is 3.05. The second-order valence-corrected chi connectivity index (χ2v) is 7.30.